The molecule has 3 N–H and O–H groups in total. The van der Waals surface area contributed by atoms with Crippen molar-refractivity contribution in [3.8, 4) is 5.75 Å². The van der Waals surface area contributed by atoms with Crippen LogP contribution in [0.25, 0.3) is 0 Å². The molecule has 2 aromatic rings. The summed E-state index contributed by atoms with van der Waals surface area (Å²) >= 11 is 0. The zero-order valence-electron chi connectivity index (χ0n) is 11.3. The highest BCUT2D eigenvalue weighted by molar-refractivity contribution is 5.92. The van der Waals surface area contributed by atoms with Crippen molar-refractivity contribution in [1.29, 1.82) is 0 Å². The molecule has 0 saturated carbocycles. The Morgan fingerprint density at radius 2 is 1.24 bits per heavy atom. The van der Waals surface area contributed by atoms with Crippen LogP contribution in [0.5, 0.6) is 5.75 Å². The number of aromatic hydroxyl groups is 1. The third-order valence-electron chi connectivity index (χ3n) is 1.98. The first-order chi connectivity index (χ1) is 9.99. The monoisotopic (exact) mass is 292 g/mol. The average Bonchev–Trinajstić information content (AvgIpc) is 2.49. The van der Waals surface area contributed by atoms with Gasteiger partial charge in [0.25, 0.3) is 0 Å². The van der Waals surface area contributed by atoms with Crippen LogP contribution in [0, 0.1) is 0 Å². The van der Waals surface area contributed by atoms with Crippen molar-refractivity contribution >= 4 is 12.1 Å². The van der Waals surface area contributed by atoms with Gasteiger partial charge >= 0.3 is 12.1 Å². The molecule has 0 heterocycles. The molecule has 0 unspecified atom stereocenters. The number of carbonyl (C=O) groups excluding carboxylic acids is 1. The van der Waals surface area contributed by atoms with Crippen molar-refractivity contribution in [3.05, 3.63) is 66.2 Å². The summed E-state index contributed by atoms with van der Waals surface area (Å²) in [5.41, 5.74) is 0.190. The van der Waals surface area contributed by atoms with Crippen LogP contribution in [0.4, 0.5) is 4.79 Å². The van der Waals surface area contributed by atoms with Gasteiger partial charge in [0, 0.05) is 0 Å². The molecule has 2 aromatic carbocycles. The minimum absolute atomic E-state index is 0.0562. The Bertz CT molecular complexity index is 508. The Kier molecular flexibility index (Phi) is 9.30. The van der Waals surface area contributed by atoms with Gasteiger partial charge in [-0.3, -0.25) is 0 Å². The van der Waals surface area contributed by atoms with Crippen molar-refractivity contribution in [1.82, 2.24) is 0 Å². The number of phenolic OH excluding ortho intramolecular Hbond substituents is 1. The summed E-state index contributed by atoms with van der Waals surface area (Å²) in [4.78, 5) is 19.4. The van der Waals surface area contributed by atoms with E-state index < -0.39 is 12.1 Å². The highest BCUT2D eigenvalue weighted by Crippen LogP contribution is 2.15. The largest absolute Gasteiger partial charge is 0.507 e. The Morgan fingerprint density at radius 3 is 1.57 bits per heavy atom. The van der Waals surface area contributed by atoms with Crippen LogP contribution in [0.3, 0.4) is 0 Å². The molecular weight excluding hydrogens is 276 g/mol. The summed E-state index contributed by atoms with van der Waals surface area (Å²) in [6.07, 6.45) is -1.83. The smallest absolute Gasteiger partial charge is 0.503 e. The maximum atomic E-state index is 10.9. The van der Waals surface area contributed by atoms with Crippen LogP contribution in [0.1, 0.15) is 10.4 Å². The van der Waals surface area contributed by atoms with E-state index in [2.05, 4.69) is 4.74 Å². The first-order valence-electron chi connectivity index (χ1n) is 5.77. The fourth-order valence-corrected chi connectivity index (χ4v) is 1.14. The van der Waals surface area contributed by atoms with Crippen molar-refractivity contribution in [2.24, 2.45) is 0 Å². The van der Waals surface area contributed by atoms with E-state index in [-0.39, 0.29) is 11.3 Å². The molecule has 0 spiro atoms. The molecule has 0 aliphatic carbocycles. The topological polar surface area (TPSA) is 104 Å². The lowest BCUT2D eigenvalue weighted by Gasteiger charge is -1.99. The molecule has 6 heteroatoms. The summed E-state index contributed by atoms with van der Waals surface area (Å²) in [5.74, 6) is -0.581. The molecule has 0 radical (unpaired) electrons. The van der Waals surface area contributed by atoms with Crippen molar-refractivity contribution in [2.75, 3.05) is 7.11 Å². The second-order valence-corrected chi connectivity index (χ2v) is 3.45. The van der Waals surface area contributed by atoms with E-state index in [1.165, 1.54) is 19.2 Å². The summed E-state index contributed by atoms with van der Waals surface area (Å²) < 4.78 is 4.42. The van der Waals surface area contributed by atoms with Crippen molar-refractivity contribution in [3.63, 3.8) is 0 Å². The normalized spacial score (nSPS) is 8.24. The van der Waals surface area contributed by atoms with Gasteiger partial charge in [0.1, 0.15) is 11.3 Å². The van der Waals surface area contributed by atoms with E-state index in [4.69, 9.17) is 20.1 Å². The van der Waals surface area contributed by atoms with Crippen LogP contribution in [-0.2, 0) is 4.74 Å². The number of ether oxygens (including phenoxy) is 1. The molecular formula is C15H16O6. The number of para-hydroxylation sites is 1. The molecule has 0 aromatic heterocycles. The van der Waals surface area contributed by atoms with Crippen LogP contribution in [0.2, 0.25) is 0 Å². The van der Waals surface area contributed by atoms with E-state index in [0.717, 1.165) is 0 Å². The Hall–Kier alpha value is -3.02. The van der Waals surface area contributed by atoms with Gasteiger partial charge in [0.05, 0.1) is 7.11 Å². The fraction of sp³-hybridized carbons (Fsp3) is 0.0667. The first-order valence-corrected chi connectivity index (χ1v) is 5.77. The maximum absolute atomic E-state index is 10.9. The van der Waals surface area contributed by atoms with Gasteiger partial charge in [0.15, 0.2) is 0 Å². The number of hydrogen-bond acceptors (Lipinski definition) is 4. The van der Waals surface area contributed by atoms with Gasteiger partial charge in [-0.15, -0.1) is 0 Å². The van der Waals surface area contributed by atoms with Crippen LogP contribution in [0.15, 0.2) is 60.7 Å². The molecule has 21 heavy (non-hydrogen) atoms. The van der Waals surface area contributed by atoms with Gasteiger partial charge in [-0.1, -0.05) is 48.5 Å². The molecule has 112 valence electrons. The zero-order valence-corrected chi connectivity index (χ0v) is 11.3. The number of carbonyl (C=O) groups is 2. The first kappa shape index (κ1) is 18.0. The predicted octanol–water partition coefficient (Wildman–Crippen LogP) is 3.09. The number of carboxylic acid groups (broad SMARTS) is 2. The lowest BCUT2D eigenvalue weighted by Crippen LogP contribution is -2.00. The van der Waals surface area contributed by atoms with E-state index >= 15 is 0 Å². The van der Waals surface area contributed by atoms with Gasteiger partial charge in [-0.2, -0.15) is 0 Å². The minimum atomic E-state index is -1.83. The second kappa shape index (κ2) is 10.9. The molecule has 6 nitrogen and oxygen atoms in total. The third kappa shape index (κ3) is 9.54. The van der Waals surface area contributed by atoms with Gasteiger partial charge in [-0.05, 0) is 12.1 Å². The SMILES string of the molecule is COC(=O)c1ccccc1O.O=C(O)O.c1ccccc1. The maximum Gasteiger partial charge on any atom is 0.503 e. The summed E-state index contributed by atoms with van der Waals surface area (Å²) in [5, 5.41) is 23.1. The average molecular weight is 292 g/mol. The Balaban J connectivity index is 0.000000335. The van der Waals surface area contributed by atoms with Crippen LogP contribution >= 0.6 is 0 Å². The zero-order chi connectivity index (χ0) is 16.1. The van der Waals surface area contributed by atoms with Crippen LogP contribution < -0.4 is 0 Å². The lowest BCUT2D eigenvalue weighted by atomic mass is 10.2. The van der Waals surface area contributed by atoms with E-state index in [9.17, 15) is 4.79 Å². The Labute approximate surface area is 121 Å². The molecule has 0 atom stereocenters. The van der Waals surface area contributed by atoms with Crippen molar-refractivity contribution < 1.29 is 29.6 Å². The van der Waals surface area contributed by atoms with E-state index in [1.54, 1.807) is 12.1 Å². The van der Waals surface area contributed by atoms with E-state index in [0.29, 0.717) is 0 Å². The summed E-state index contributed by atoms with van der Waals surface area (Å²) in [6.45, 7) is 0. The number of methoxy groups -OCH3 is 1. The minimum Gasteiger partial charge on any atom is -0.507 e. The standard InChI is InChI=1S/C8H8O3.C6H6.CH2O3/c1-11-8(10)6-4-2-3-5-7(6)9;1-2-4-6-5-3-1;2-1(3)4/h2-5,9H,1H3;1-6H;(H2,2,3,4). The Morgan fingerprint density at radius 1 is 0.857 bits per heavy atom. The molecule has 0 bridgehead atoms. The van der Waals surface area contributed by atoms with Gasteiger partial charge in [-0.25, -0.2) is 9.59 Å². The predicted molar refractivity (Wildman–Crippen MR) is 76.5 cm³/mol. The van der Waals surface area contributed by atoms with Crippen molar-refractivity contribution in [2.45, 2.75) is 0 Å². The number of hydrogen-bond donors (Lipinski definition) is 3. The molecule has 2 rings (SSSR count). The number of phenols is 1. The number of esters is 1. The molecule has 0 aliphatic heterocycles. The van der Waals surface area contributed by atoms with Gasteiger partial charge < -0.3 is 20.1 Å². The summed E-state index contributed by atoms with van der Waals surface area (Å²) in [6, 6.07) is 18.2. The number of benzene rings is 2. The lowest BCUT2D eigenvalue weighted by molar-refractivity contribution is 0.0597. The van der Waals surface area contributed by atoms with Crippen LogP contribution in [-0.4, -0.2) is 34.6 Å². The van der Waals surface area contributed by atoms with E-state index in [1.807, 2.05) is 36.4 Å². The molecule has 0 saturated heterocycles. The molecule has 0 aliphatic rings. The second-order valence-electron chi connectivity index (χ2n) is 3.45. The third-order valence-corrected chi connectivity index (χ3v) is 1.98. The van der Waals surface area contributed by atoms with Gasteiger partial charge in [0.2, 0.25) is 0 Å². The number of rotatable bonds is 1. The summed E-state index contributed by atoms with van der Waals surface area (Å²) in [7, 11) is 1.27. The quantitative estimate of drug-likeness (QED) is 0.698. The highest BCUT2D eigenvalue weighted by Gasteiger charge is 2.08. The molecule has 0 fully saturated rings. The highest BCUT2D eigenvalue weighted by atomic mass is 16.6. The fourth-order valence-electron chi connectivity index (χ4n) is 1.14. The molecule has 0 amide bonds.